The zero-order chi connectivity index (χ0) is 12.5. The van der Waals surface area contributed by atoms with Crippen molar-refractivity contribution in [3.8, 4) is 0 Å². The van der Waals surface area contributed by atoms with Crippen LogP contribution < -0.4 is 10.9 Å². The summed E-state index contributed by atoms with van der Waals surface area (Å²) in [5.74, 6) is 0.935. The number of nitrogens with zero attached hydrogens (tertiary/aromatic N) is 2. The van der Waals surface area contributed by atoms with Crippen LogP contribution in [0.2, 0.25) is 0 Å². The molecule has 0 saturated heterocycles. The van der Waals surface area contributed by atoms with Crippen molar-refractivity contribution in [2.24, 2.45) is 0 Å². The predicted octanol–water partition coefficient (Wildman–Crippen LogP) is 1.20. The molecule has 18 heavy (non-hydrogen) atoms. The molecule has 1 aromatic carbocycles. The standard InChI is InChI=1S/C13H16N4O/c1-9-3-2-4-10(7-9)13-15-14-12-8-11(5-6-18)16-17(12)13/h2-4,7-8,13-15,18H,5-6H2,1H3. The number of nitrogens with one attached hydrogen (secondary N) is 2. The lowest BCUT2D eigenvalue weighted by molar-refractivity contribution is 0.297. The Kier molecular flexibility index (Phi) is 2.77. The molecule has 0 spiro atoms. The van der Waals surface area contributed by atoms with Crippen LogP contribution in [-0.4, -0.2) is 21.5 Å². The number of benzene rings is 1. The maximum absolute atomic E-state index is 8.94. The van der Waals surface area contributed by atoms with Crippen LogP contribution in [0.1, 0.15) is 23.0 Å². The second-order valence-electron chi connectivity index (χ2n) is 4.53. The van der Waals surface area contributed by atoms with E-state index in [1.165, 1.54) is 11.1 Å². The van der Waals surface area contributed by atoms with Crippen LogP contribution in [0.25, 0.3) is 0 Å². The SMILES string of the molecule is Cc1cccc(C2NNc3cc(CCO)nn32)c1. The van der Waals surface area contributed by atoms with Crippen molar-refractivity contribution in [3.05, 3.63) is 47.2 Å². The molecule has 0 radical (unpaired) electrons. The number of aliphatic hydroxyl groups excluding tert-OH is 1. The Balaban J connectivity index is 1.94. The Morgan fingerprint density at radius 2 is 2.28 bits per heavy atom. The molecule has 0 aliphatic carbocycles. The van der Waals surface area contributed by atoms with Crippen molar-refractivity contribution in [2.45, 2.75) is 19.5 Å². The van der Waals surface area contributed by atoms with Gasteiger partial charge in [-0.1, -0.05) is 29.8 Å². The molecule has 2 heterocycles. The van der Waals surface area contributed by atoms with Gasteiger partial charge in [0.05, 0.1) is 5.69 Å². The molecule has 1 aliphatic heterocycles. The monoisotopic (exact) mass is 244 g/mol. The third-order valence-electron chi connectivity index (χ3n) is 3.09. The van der Waals surface area contributed by atoms with E-state index < -0.39 is 0 Å². The quantitative estimate of drug-likeness (QED) is 0.759. The maximum Gasteiger partial charge on any atom is 0.146 e. The van der Waals surface area contributed by atoms with Gasteiger partial charge in [-0.2, -0.15) is 5.10 Å². The Morgan fingerprint density at radius 1 is 1.39 bits per heavy atom. The summed E-state index contributed by atoms with van der Waals surface area (Å²) in [5, 5.41) is 13.4. The minimum absolute atomic E-state index is 0.00680. The van der Waals surface area contributed by atoms with Crippen LogP contribution >= 0.6 is 0 Å². The summed E-state index contributed by atoms with van der Waals surface area (Å²) < 4.78 is 1.92. The summed E-state index contributed by atoms with van der Waals surface area (Å²) in [6.45, 7) is 2.20. The topological polar surface area (TPSA) is 62.1 Å². The Labute approximate surface area is 105 Å². The predicted molar refractivity (Wildman–Crippen MR) is 69.1 cm³/mol. The number of anilines is 1. The fraction of sp³-hybridized carbons (Fsp3) is 0.308. The summed E-state index contributed by atoms with van der Waals surface area (Å²) in [4.78, 5) is 0. The second-order valence-corrected chi connectivity index (χ2v) is 4.53. The van der Waals surface area contributed by atoms with Gasteiger partial charge in [-0.25, -0.2) is 10.1 Å². The zero-order valence-corrected chi connectivity index (χ0v) is 10.2. The molecular formula is C13H16N4O. The molecule has 1 aliphatic rings. The Hall–Kier alpha value is -1.85. The summed E-state index contributed by atoms with van der Waals surface area (Å²) in [6.07, 6.45) is 0.592. The van der Waals surface area contributed by atoms with E-state index in [2.05, 4.69) is 41.1 Å². The Bertz CT molecular complexity index is 564. The van der Waals surface area contributed by atoms with Gasteiger partial charge in [0.2, 0.25) is 0 Å². The van der Waals surface area contributed by atoms with E-state index in [4.69, 9.17) is 5.11 Å². The number of aliphatic hydroxyl groups is 1. The van der Waals surface area contributed by atoms with Gasteiger partial charge in [0.15, 0.2) is 0 Å². The maximum atomic E-state index is 8.94. The number of aromatic nitrogens is 2. The van der Waals surface area contributed by atoms with Crippen molar-refractivity contribution >= 4 is 5.82 Å². The lowest BCUT2D eigenvalue weighted by Gasteiger charge is -2.12. The van der Waals surface area contributed by atoms with Crippen LogP contribution in [0.15, 0.2) is 30.3 Å². The molecule has 0 saturated carbocycles. The molecule has 94 valence electrons. The van der Waals surface area contributed by atoms with Crippen molar-refractivity contribution in [3.63, 3.8) is 0 Å². The van der Waals surface area contributed by atoms with Gasteiger partial charge in [-0.05, 0) is 12.5 Å². The highest BCUT2D eigenvalue weighted by Gasteiger charge is 2.24. The number of hydrazine groups is 1. The van der Waals surface area contributed by atoms with Crippen molar-refractivity contribution in [1.82, 2.24) is 15.2 Å². The normalized spacial score (nSPS) is 17.6. The molecule has 0 bridgehead atoms. The summed E-state index contributed by atoms with van der Waals surface area (Å²) in [6, 6.07) is 10.3. The average Bonchev–Trinajstić information content (AvgIpc) is 2.88. The number of hydrogen-bond acceptors (Lipinski definition) is 4. The minimum atomic E-state index is 0.00680. The third kappa shape index (κ3) is 1.87. The van der Waals surface area contributed by atoms with Gasteiger partial charge >= 0.3 is 0 Å². The van der Waals surface area contributed by atoms with E-state index in [0.717, 1.165) is 11.5 Å². The lowest BCUT2D eigenvalue weighted by Crippen LogP contribution is -2.23. The molecule has 0 fully saturated rings. The summed E-state index contributed by atoms with van der Waals surface area (Å²) in [7, 11) is 0. The first-order valence-corrected chi connectivity index (χ1v) is 6.05. The van der Waals surface area contributed by atoms with Crippen LogP contribution in [0.3, 0.4) is 0 Å². The molecule has 1 unspecified atom stereocenters. The summed E-state index contributed by atoms with van der Waals surface area (Å²) >= 11 is 0. The van der Waals surface area contributed by atoms with Gasteiger partial charge in [0.1, 0.15) is 12.0 Å². The highest BCUT2D eigenvalue weighted by atomic mass is 16.3. The smallest absolute Gasteiger partial charge is 0.146 e. The Morgan fingerprint density at radius 3 is 3.06 bits per heavy atom. The molecule has 1 aromatic heterocycles. The van der Waals surface area contributed by atoms with E-state index >= 15 is 0 Å². The third-order valence-corrected chi connectivity index (χ3v) is 3.09. The zero-order valence-electron chi connectivity index (χ0n) is 10.2. The molecular weight excluding hydrogens is 228 g/mol. The fourth-order valence-corrected chi connectivity index (χ4v) is 2.24. The molecule has 3 rings (SSSR count). The van der Waals surface area contributed by atoms with Crippen molar-refractivity contribution in [1.29, 1.82) is 0 Å². The van der Waals surface area contributed by atoms with Crippen LogP contribution in [0, 0.1) is 6.92 Å². The van der Waals surface area contributed by atoms with Gasteiger partial charge in [-0.15, -0.1) is 0 Å². The van der Waals surface area contributed by atoms with Crippen LogP contribution in [-0.2, 0) is 6.42 Å². The first-order chi connectivity index (χ1) is 8.78. The fourth-order valence-electron chi connectivity index (χ4n) is 2.24. The highest BCUT2D eigenvalue weighted by Crippen LogP contribution is 2.26. The van der Waals surface area contributed by atoms with E-state index in [1.54, 1.807) is 0 Å². The summed E-state index contributed by atoms with van der Waals surface area (Å²) in [5.41, 5.74) is 9.61. The molecule has 5 heteroatoms. The van der Waals surface area contributed by atoms with Gasteiger partial charge in [0, 0.05) is 19.1 Å². The highest BCUT2D eigenvalue weighted by molar-refractivity contribution is 5.42. The number of fused-ring (bicyclic) bond motifs is 1. The number of hydrogen-bond donors (Lipinski definition) is 3. The van der Waals surface area contributed by atoms with E-state index in [0.29, 0.717) is 6.42 Å². The first-order valence-electron chi connectivity index (χ1n) is 6.05. The number of rotatable bonds is 3. The van der Waals surface area contributed by atoms with E-state index in [-0.39, 0.29) is 12.8 Å². The van der Waals surface area contributed by atoms with Crippen molar-refractivity contribution < 1.29 is 5.11 Å². The minimum Gasteiger partial charge on any atom is -0.396 e. The average molecular weight is 244 g/mol. The molecule has 1 atom stereocenters. The molecule has 5 nitrogen and oxygen atoms in total. The van der Waals surface area contributed by atoms with Gasteiger partial charge in [0.25, 0.3) is 0 Å². The van der Waals surface area contributed by atoms with Gasteiger partial charge in [-0.3, -0.25) is 0 Å². The van der Waals surface area contributed by atoms with E-state index in [1.807, 2.05) is 16.8 Å². The molecule has 0 amide bonds. The van der Waals surface area contributed by atoms with Crippen LogP contribution in [0.4, 0.5) is 5.82 Å². The number of aryl methyl sites for hydroxylation is 1. The second kappa shape index (κ2) is 4.44. The lowest BCUT2D eigenvalue weighted by atomic mass is 10.1. The van der Waals surface area contributed by atoms with Crippen molar-refractivity contribution in [2.75, 3.05) is 12.0 Å². The van der Waals surface area contributed by atoms with E-state index in [9.17, 15) is 0 Å². The largest absolute Gasteiger partial charge is 0.396 e. The van der Waals surface area contributed by atoms with Gasteiger partial charge < -0.3 is 10.5 Å². The first kappa shape index (κ1) is 11.3. The molecule has 2 aromatic rings. The molecule has 3 N–H and O–H groups in total. The van der Waals surface area contributed by atoms with Crippen LogP contribution in [0.5, 0.6) is 0 Å².